The number of aryl methyl sites for hydroxylation is 1. The Morgan fingerprint density at radius 3 is 2.80 bits per heavy atom. The van der Waals surface area contributed by atoms with Gasteiger partial charge >= 0.3 is 0 Å². The van der Waals surface area contributed by atoms with E-state index in [9.17, 15) is 0 Å². The number of hydrogen-bond donors (Lipinski definition) is 1. The first-order valence-corrected chi connectivity index (χ1v) is 7.70. The predicted octanol–water partition coefficient (Wildman–Crippen LogP) is 3.11. The highest BCUT2D eigenvalue weighted by molar-refractivity contribution is 5.53. The summed E-state index contributed by atoms with van der Waals surface area (Å²) in [5.41, 5.74) is 4.16. The first kappa shape index (κ1) is 15.3. The van der Waals surface area contributed by atoms with E-state index in [4.69, 9.17) is 4.74 Å². The van der Waals surface area contributed by atoms with Gasteiger partial charge in [-0.1, -0.05) is 13.0 Å². The molecule has 0 radical (unpaired) electrons. The standard InChI is InChI=1S/C17H28N2O/c1-5-8-18-12-15-6-7-16(11-14(15)2)19-9-10-20-13-17(19,3)4/h6-7,11,18H,5,8-10,12-13H2,1-4H3. The van der Waals surface area contributed by atoms with Crippen LogP contribution in [0.5, 0.6) is 0 Å². The number of anilines is 1. The summed E-state index contributed by atoms with van der Waals surface area (Å²) in [7, 11) is 0. The largest absolute Gasteiger partial charge is 0.377 e. The lowest BCUT2D eigenvalue weighted by atomic mass is 9.99. The van der Waals surface area contributed by atoms with E-state index in [2.05, 4.69) is 56.1 Å². The van der Waals surface area contributed by atoms with Crippen molar-refractivity contribution in [1.82, 2.24) is 5.32 Å². The van der Waals surface area contributed by atoms with Gasteiger partial charge in [0.2, 0.25) is 0 Å². The molecule has 1 aromatic carbocycles. The molecule has 112 valence electrons. The van der Waals surface area contributed by atoms with E-state index in [0.29, 0.717) is 0 Å². The molecule has 0 unspecified atom stereocenters. The van der Waals surface area contributed by atoms with Crippen LogP contribution in [-0.4, -0.2) is 31.8 Å². The normalized spacial score (nSPS) is 18.3. The van der Waals surface area contributed by atoms with Crippen LogP contribution in [0.3, 0.4) is 0 Å². The number of benzene rings is 1. The molecule has 0 aromatic heterocycles. The topological polar surface area (TPSA) is 24.5 Å². The molecular formula is C17H28N2O. The van der Waals surface area contributed by atoms with Crippen molar-refractivity contribution in [2.24, 2.45) is 0 Å². The summed E-state index contributed by atoms with van der Waals surface area (Å²) in [5.74, 6) is 0. The van der Waals surface area contributed by atoms with E-state index in [1.54, 1.807) is 0 Å². The maximum absolute atomic E-state index is 5.60. The van der Waals surface area contributed by atoms with Crippen LogP contribution in [0, 0.1) is 6.92 Å². The quantitative estimate of drug-likeness (QED) is 0.836. The summed E-state index contributed by atoms with van der Waals surface area (Å²) < 4.78 is 5.60. The van der Waals surface area contributed by atoms with Gasteiger partial charge in [-0.25, -0.2) is 0 Å². The maximum Gasteiger partial charge on any atom is 0.0694 e. The van der Waals surface area contributed by atoms with Crippen LogP contribution < -0.4 is 10.2 Å². The van der Waals surface area contributed by atoms with E-state index >= 15 is 0 Å². The summed E-state index contributed by atoms with van der Waals surface area (Å²) in [6.45, 7) is 13.5. The van der Waals surface area contributed by atoms with Gasteiger partial charge in [0.15, 0.2) is 0 Å². The zero-order chi connectivity index (χ0) is 14.6. The Bertz CT molecular complexity index is 443. The fourth-order valence-electron chi connectivity index (χ4n) is 2.78. The van der Waals surface area contributed by atoms with Gasteiger partial charge in [-0.15, -0.1) is 0 Å². The molecule has 0 atom stereocenters. The Labute approximate surface area is 123 Å². The third kappa shape index (κ3) is 3.53. The SMILES string of the molecule is CCCNCc1ccc(N2CCOCC2(C)C)cc1C. The lowest BCUT2D eigenvalue weighted by molar-refractivity contribution is 0.0644. The van der Waals surface area contributed by atoms with E-state index in [0.717, 1.165) is 32.8 Å². The number of ether oxygens (including phenoxy) is 1. The molecule has 0 bridgehead atoms. The Morgan fingerprint density at radius 2 is 2.15 bits per heavy atom. The molecule has 0 saturated carbocycles. The molecule has 2 rings (SSSR count). The monoisotopic (exact) mass is 276 g/mol. The zero-order valence-corrected chi connectivity index (χ0v) is 13.3. The second-order valence-corrected chi connectivity index (χ2v) is 6.30. The number of nitrogens with one attached hydrogen (secondary N) is 1. The van der Waals surface area contributed by atoms with Crippen LogP contribution in [0.1, 0.15) is 38.3 Å². The summed E-state index contributed by atoms with van der Waals surface area (Å²) >= 11 is 0. The maximum atomic E-state index is 5.60. The number of rotatable bonds is 5. The van der Waals surface area contributed by atoms with Crippen molar-refractivity contribution in [2.45, 2.75) is 46.2 Å². The number of hydrogen-bond acceptors (Lipinski definition) is 3. The highest BCUT2D eigenvalue weighted by atomic mass is 16.5. The molecule has 0 aliphatic carbocycles. The van der Waals surface area contributed by atoms with Crippen molar-refractivity contribution in [3.8, 4) is 0 Å². The van der Waals surface area contributed by atoms with Gasteiger partial charge in [-0.05, 0) is 57.0 Å². The third-order valence-electron chi connectivity index (χ3n) is 4.03. The van der Waals surface area contributed by atoms with Crippen LogP contribution in [0.25, 0.3) is 0 Å². The van der Waals surface area contributed by atoms with E-state index in [1.165, 1.54) is 23.2 Å². The summed E-state index contributed by atoms with van der Waals surface area (Å²) in [4.78, 5) is 2.47. The van der Waals surface area contributed by atoms with Gasteiger partial charge < -0.3 is 15.0 Å². The van der Waals surface area contributed by atoms with Crippen LogP contribution >= 0.6 is 0 Å². The first-order chi connectivity index (χ1) is 9.54. The molecule has 1 saturated heterocycles. The number of morpholine rings is 1. The second kappa shape index (κ2) is 6.59. The Kier molecular flexibility index (Phi) is 5.06. The minimum Gasteiger partial charge on any atom is -0.377 e. The van der Waals surface area contributed by atoms with Crippen LogP contribution in [-0.2, 0) is 11.3 Å². The predicted molar refractivity (Wildman–Crippen MR) is 85.4 cm³/mol. The molecule has 0 amide bonds. The van der Waals surface area contributed by atoms with Crippen molar-refractivity contribution in [1.29, 1.82) is 0 Å². The molecule has 1 heterocycles. The highest BCUT2D eigenvalue weighted by Crippen LogP contribution is 2.28. The Hall–Kier alpha value is -1.06. The molecule has 1 aromatic rings. The molecule has 3 heteroatoms. The van der Waals surface area contributed by atoms with Gasteiger partial charge in [0.1, 0.15) is 0 Å². The van der Waals surface area contributed by atoms with E-state index in [1.807, 2.05) is 0 Å². The molecule has 0 spiro atoms. The molecular weight excluding hydrogens is 248 g/mol. The van der Waals surface area contributed by atoms with Gasteiger partial charge in [-0.2, -0.15) is 0 Å². The Morgan fingerprint density at radius 1 is 1.35 bits per heavy atom. The minimum absolute atomic E-state index is 0.0761. The molecule has 20 heavy (non-hydrogen) atoms. The third-order valence-corrected chi connectivity index (χ3v) is 4.03. The summed E-state index contributed by atoms with van der Waals surface area (Å²) in [6, 6.07) is 6.83. The zero-order valence-electron chi connectivity index (χ0n) is 13.3. The first-order valence-electron chi connectivity index (χ1n) is 7.70. The van der Waals surface area contributed by atoms with Crippen molar-refractivity contribution < 1.29 is 4.74 Å². The lowest BCUT2D eigenvalue weighted by Gasteiger charge is -2.44. The van der Waals surface area contributed by atoms with Crippen molar-refractivity contribution >= 4 is 5.69 Å². The lowest BCUT2D eigenvalue weighted by Crippen LogP contribution is -2.53. The van der Waals surface area contributed by atoms with Crippen LogP contribution in [0.15, 0.2) is 18.2 Å². The van der Waals surface area contributed by atoms with E-state index < -0.39 is 0 Å². The van der Waals surface area contributed by atoms with Crippen LogP contribution in [0.2, 0.25) is 0 Å². The molecule has 1 aliphatic heterocycles. The van der Waals surface area contributed by atoms with Gasteiger partial charge in [0, 0.05) is 18.8 Å². The van der Waals surface area contributed by atoms with Gasteiger partial charge in [0.25, 0.3) is 0 Å². The molecule has 1 fully saturated rings. The van der Waals surface area contributed by atoms with Crippen LogP contribution in [0.4, 0.5) is 5.69 Å². The summed E-state index contributed by atoms with van der Waals surface area (Å²) in [5, 5.41) is 3.47. The van der Waals surface area contributed by atoms with Crippen molar-refractivity contribution in [3.63, 3.8) is 0 Å². The van der Waals surface area contributed by atoms with Crippen molar-refractivity contribution in [2.75, 3.05) is 31.2 Å². The van der Waals surface area contributed by atoms with Gasteiger partial charge in [-0.3, -0.25) is 0 Å². The average Bonchev–Trinajstić information content (AvgIpc) is 2.40. The Balaban J connectivity index is 2.11. The summed E-state index contributed by atoms with van der Waals surface area (Å²) in [6.07, 6.45) is 1.18. The highest BCUT2D eigenvalue weighted by Gasteiger charge is 2.30. The average molecular weight is 276 g/mol. The minimum atomic E-state index is 0.0761. The van der Waals surface area contributed by atoms with E-state index in [-0.39, 0.29) is 5.54 Å². The fourth-order valence-corrected chi connectivity index (χ4v) is 2.78. The second-order valence-electron chi connectivity index (χ2n) is 6.30. The molecule has 3 nitrogen and oxygen atoms in total. The van der Waals surface area contributed by atoms with Gasteiger partial charge in [0.05, 0.1) is 18.8 Å². The molecule has 1 aliphatic rings. The van der Waals surface area contributed by atoms with Crippen molar-refractivity contribution in [3.05, 3.63) is 29.3 Å². The molecule has 1 N–H and O–H groups in total. The smallest absolute Gasteiger partial charge is 0.0694 e. The number of nitrogens with zero attached hydrogens (tertiary/aromatic N) is 1. The fraction of sp³-hybridized carbons (Fsp3) is 0.647.